The molecule has 0 bridgehead atoms. The number of rotatable bonds is 3. The summed E-state index contributed by atoms with van der Waals surface area (Å²) < 4.78 is 9.80. The van der Waals surface area contributed by atoms with Crippen molar-refractivity contribution in [1.82, 2.24) is 0 Å². The summed E-state index contributed by atoms with van der Waals surface area (Å²) >= 11 is 5.91. The Bertz CT molecular complexity index is 336. The van der Waals surface area contributed by atoms with Crippen molar-refractivity contribution in [3.8, 4) is 5.75 Å². The Morgan fingerprint density at radius 3 is 2.79 bits per heavy atom. The van der Waals surface area contributed by atoms with E-state index in [1.807, 2.05) is 0 Å². The van der Waals surface area contributed by atoms with Crippen molar-refractivity contribution in [1.29, 1.82) is 0 Å². The first-order valence-electron chi connectivity index (χ1n) is 4.20. The molecule has 0 aliphatic carbocycles. The second-order valence-electron chi connectivity index (χ2n) is 2.54. The molecule has 0 fully saturated rings. The van der Waals surface area contributed by atoms with E-state index >= 15 is 0 Å². The summed E-state index contributed by atoms with van der Waals surface area (Å²) in [6, 6.07) is 4.98. The van der Waals surface area contributed by atoms with Gasteiger partial charge < -0.3 is 9.47 Å². The van der Waals surface area contributed by atoms with E-state index in [9.17, 15) is 4.79 Å². The maximum atomic E-state index is 11.4. The molecule has 0 radical (unpaired) electrons. The molecular formula is C10H11ClO3. The van der Waals surface area contributed by atoms with Crippen LogP contribution in [0, 0.1) is 0 Å². The minimum atomic E-state index is -0.434. The zero-order chi connectivity index (χ0) is 10.6. The van der Waals surface area contributed by atoms with Gasteiger partial charge in [0.25, 0.3) is 0 Å². The van der Waals surface area contributed by atoms with E-state index < -0.39 is 5.97 Å². The average Bonchev–Trinajstić information content (AvgIpc) is 2.18. The molecule has 0 spiro atoms. The molecule has 0 amide bonds. The lowest BCUT2D eigenvalue weighted by Crippen LogP contribution is -2.05. The molecule has 1 aromatic rings. The van der Waals surface area contributed by atoms with Crippen LogP contribution in [0.15, 0.2) is 18.2 Å². The van der Waals surface area contributed by atoms with Gasteiger partial charge in [-0.2, -0.15) is 0 Å². The van der Waals surface area contributed by atoms with Gasteiger partial charge in [-0.3, -0.25) is 0 Å². The zero-order valence-corrected chi connectivity index (χ0v) is 8.80. The summed E-state index contributed by atoms with van der Waals surface area (Å²) in [6.45, 7) is 2.07. The smallest absolute Gasteiger partial charge is 0.339 e. The van der Waals surface area contributed by atoms with E-state index in [1.165, 1.54) is 7.11 Å². The number of ether oxygens (including phenoxy) is 2. The van der Waals surface area contributed by atoms with Crippen LogP contribution in [-0.2, 0) is 4.74 Å². The van der Waals surface area contributed by atoms with Gasteiger partial charge in [0.05, 0.1) is 24.3 Å². The summed E-state index contributed by atoms with van der Waals surface area (Å²) in [6.07, 6.45) is 0. The average molecular weight is 215 g/mol. The SMILES string of the molecule is CCOC(=O)c1cccc(OC)c1Cl. The van der Waals surface area contributed by atoms with Crippen molar-refractivity contribution < 1.29 is 14.3 Å². The van der Waals surface area contributed by atoms with Gasteiger partial charge in [-0.25, -0.2) is 4.79 Å². The molecule has 0 aliphatic heterocycles. The molecule has 4 heteroatoms. The van der Waals surface area contributed by atoms with Crippen LogP contribution in [0.2, 0.25) is 5.02 Å². The molecule has 0 aliphatic rings. The van der Waals surface area contributed by atoms with Crippen LogP contribution in [0.5, 0.6) is 5.75 Å². The van der Waals surface area contributed by atoms with Gasteiger partial charge in [0, 0.05) is 0 Å². The van der Waals surface area contributed by atoms with Gasteiger partial charge in [-0.05, 0) is 19.1 Å². The topological polar surface area (TPSA) is 35.5 Å². The molecule has 0 heterocycles. The largest absolute Gasteiger partial charge is 0.495 e. The first-order valence-corrected chi connectivity index (χ1v) is 4.58. The van der Waals surface area contributed by atoms with Crippen molar-refractivity contribution >= 4 is 17.6 Å². The molecule has 1 aromatic carbocycles. The number of esters is 1. The molecule has 0 unspecified atom stereocenters. The molecule has 0 saturated carbocycles. The van der Waals surface area contributed by atoms with Gasteiger partial charge >= 0.3 is 5.97 Å². The van der Waals surface area contributed by atoms with Crippen molar-refractivity contribution in [3.63, 3.8) is 0 Å². The van der Waals surface area contributed by atoms with Crippen LogP contribution in [0.4, 0.5) is 0 Å². The maximum Gasteiger partial charge on any atom is 0.339 e. The first-order chi connectivity index (χ1) is 6.70. The van der Waals surface area contributed by atoms with E-state index in [1.54, 1.807) is 25.1 Å². The third-order valence-electron chi connectivity index (χ3n) is 1.68. The summed E-state index contributed by atoms with van der Waals surface area (Å²) in [5.74, 6) is 0.0358. The summed E-state index contributed by atoms with van der Waals surface area (Å²) in [5.41, 5.74) is 0.327. The highest BCUT2D eigenvalue weighted by Gasteiger charge is 2.14. The highest BCUT2D eigenvalue weighted by molar-refractivity contribution is 6.35. The number of benzene rings is 1. The van der Waals surface area contributed by atoms with Crippen molar-refractivity contribution in [2.75, 3.05) is 13.7 Å². The summed E-state index contributed by atoms with van der Waals surface area (Å²) in [7, 11) is 1.50. The van der Waals surface area contributed by atoms with Crippen molar-refractivity contribution in [2.24, 2.45) is 0 Å². The fourth-order valence-corrected chi connectivity index (χ4v) is 1.32. The first kappa shape index (κ1) is 10.9. The minimum absolute atomic E-state index is 0.286. The van der Waals surface area contributed by atoms with Gasteiger partial charge in [0.2, 0.25) is 0 Å². The molecule has 14 heavy (non-hydrogen) atoms. The van der Waals surface area contributed by atoms with E-state index in [0.717, 1.165) is 0 Å². The lowest BCUT2D eigenvalue weighted by Gasteiger charge is -2.07. The van der Waals surface area contributed by atoms with Gasteiger partial charge in [0.1, 0.15) is 5.75 Å². The van der Waals surface area contributed by atoms with Crippen LogP contribution in [-0.4, -0.2) is 19.7 Å². The van der Waals surface area contributed by atoms with Crippen LogP contribution < -0.4 is 4.74 Å². The number of carbonyl (C=O) groups excluding carboxylic acids is 1. The normalized spacial score (nSPS) is 9.64. The fraction of sp³-hybridized carbons (Fsp3) is 0.300. The molecule has 0 N–H and O–H groups in total. The highest BCUT2D eigenvalue weighted by atomic mass is 35.5. The van der Waals surface area contributed by atoms with Gasteiger partial charge in [-0.1, -0.05) is 17.7 Å². The fourth-order valence-electron chi connectivity index (χ4n) is 1.03. The Morgan fingerprint density at radius 2 is 2.21 bits per heavy atom. The number of hydrogen-bond donors (Lipinski definition) is 0. The van der Waals surface area contributed by atoms with Crippen LogP contribution in [0.25, 0.3) is 0 Å². The van der Waals surface area contributed by atoms with Crippen LogP contribution in [0.1, 0.15) is 17.3 Å². The second kappa shape index (κ2) is 4.86. The van der Waals surface area contributed by atoms with Gasteiger partial charge in [-0.15, -0.1) is 0 Å². The number of hydrogen-bond acceptors (Lipinski definition) is 3. The maximum absolute atomic E-state index is 11.4. The predicted molar refractivity (Wildman–Crippen MR) is 54.0 cm³/mol. The summed E-state index contributed by atoms with van der Waals surface area (Å²) in [4.78, 5) is 11.4. The lowest BCUT2D eigenvalue weighted by molar-refractivity contribution is 0.0526. The molecule has 1 rings (SSSR count). The Balaban J connectivity index is 3.03. The Kier molecular flexibility index (Phi) is 3.77. The van der Waals surface area contributed by atoms with Crippen molar-refractivity contribution in [3.05, 3.63) is 28.8 Å². The highest BCUT2D eigenvalue weighted by Crippen LogP contribution is 2.28. The third kappa shape index (κ3) is 2.17. The Hall–Kier alpha value is -1.22. The summed E-state index contributed by atoms with van der Waals surface area (Å²) in [5, 5.41) is 0.286. The van der Waals surface area contributed by atoms with E-state index in [4.69, 9.17) is 21.1 Å². The monoisotopic (exact) mass is 214 g/mol. The number of methoxy groups -OCH3 is 1. The lowest BCUT2D eigenvalue weighted by atomic mass is 10.2. The van der Waals surface area contributed by atoms with Crippen LogP contribution >= 0.6 is 11.6 Å². The predicted octanol–water partition coefficient (Wildman–Crippen LogP) is 2.53. The Morgan fingerprint density at radius 1 is 1.50 bits per heavy atom. The standard InChI is InChI=1S/C10H11ClO3/c1-3-14-10(12)7-5-4-6-8(13-2)9(7)11/h4-6H,3H2,1-2H3. The van der Waals surface area contributed by atoms with E-state index in [0.29, 0.717) is 17.9 Å². The van der Waals surface area contributed by atoms with Crippen LogP contribution in [0.3, 0.4) is 0 Å². The second-order valence-corrected chi connectivity index (χ2v) is 2.92. The molecule has 3 nitrogen and oxygen atoms in total. The quantitative estimate of drug-likeness (QED) is 0.726. The third-order valence-corrected chi connectivity index (χ3v) is 2.07. The van der Waals surface area contributed by atoms with E-state index in [2.05, 4.69) is 0 Å². The van der Waals surface area contributed by atoms with E-state index in [-0.39, 0.29) is 5.02 Å². The molecule has 0 saturated heterocycles. The Labute approximate surface area is 87.6 Å². The van der Waals surface area contributed by atoms with Gasteiger partial charge in [0.15, 0.2) is 0 Å². The number of halogens is 1. The molecule has 0 atom stereocenters. The van der Waals surface area contributed by atoms with Crippen molar-refractivity contribution in [2.45, 2.75) is 6.92 Å². The zero-order valence-electron chi connectivity index (χ0n) is 8.04. The minimum Gasteiger partial charge on any atom is -0.495 e. The number of carbonyl (C=O) groups is 1. The molecule has 76 valence electrons. The molecular weight excluding hydrogens is 204 g/mol. The molecule has 0 aromatic heterocycles.